The number of carbonyl (C=O) groups excluding carboxylic acids is 2. The molecule has 0 aromatic heterocycles. The minimum Gasteiger partial charge on any atom is -0.490 e. The van der Waals surface area contributed by atoms with Gasteiger partial charge < -0.3 is 24.7 Å². The van der Waals surface area contributed by atoms with E-state index in [0.29, 0.717) is 60.9 Å². The maximum absolute atomic E-state index is 12.9. The van der Waals surface area contributed by atoms with Gasteiger partial charge in [-0.1, -0.05) is 35.9 Å². The largest absolute Gasteiger partial charge is 0.490 e. The average molecular weight is 464 g/mol. The fraction of sp³-hybridized carbons (Fsp3) is 0.333. The highest BCUT2D eigenvalue weighted by Crippen LogP contribution is 2.45. The third-order valence-electron chi connectivity index (χ3n) is 6.01. The van der Waals surface area contributed by atoms with Gasteiger partial charge in [-0.15, -0.1) is 0 Å². The maximum atomic E-state index is 12.9. The summed E-state index contributed by atoms with van der Waals surface area (Å²) in [5.41, 5.74) is 9.61. The van der Waals surface area contributed by atoms with Crippen molar-refractivity contribution >= 4 is 11.8 Å². The van der Waals surface area contributed by atoms with Crippen molar-refractivity contribution in [2.45, 2.75) is 45.6 Å². The van der Waals surface area contributed by atoms with Crippen LogP contribution in [0.15, 0.2) is 65.3 Å². The van der Waals surface area contributed by atoms with Crippen LogP contribution in [0, 0.1) is 6.92 Å². The summed E-state index contributed by atoms with van der Waals surface area (Å²) in [6.07, 6.45) is 1.66. The van der Waals surface area contributed by atoms with Gasteiger partial charge in [0.2, 0.25) is 5.88 Å². The van der Waals surface area contributed by atoms with Crippen molar-refractivity contribution in [1.29, 1.82) is 0 Å². The molecular weight excluding hydrogens is 434 g/mol. The smallest absolute Gasteiger partial charge is 0.340 e. The van der Waals surface area contributed by atoms with Crippen molar-refractivity contribution in [2.75, 3.05) is 13.7 Å². The van der Waals surface area contributed by atoms with Crippen LogP contribution in [0.5, 0.6) is 11.5 Å². The van der Waals surface area contributed by atoms with Gasteiger partial charge in [0.25, 0.3) is 0 Å². The van der Waals surface area contributed by atoms with E-state index in [1.54, 1.807) is 12.1 Å². The number of hydrogen-bond acceptors (Lipinski definition) is 7. The van der Waals surface area contributed by atoms with Gasteiger partial charge in [0, 0.05) is 18.4 Å². The number of esters is 1. The number of nitrogens with two attached hydrogens (primary N) is 1. The molecule has 1 aliphatic carbocycles. The topological polar surface area (TPSA) is 97.1 Å². The van der Waals surface area contributed by atoms with Crippen molar-refractivity contribution in [1.82, 2.24) is 0 Å². The number of benzene rings is 2. The van der Waals surface area contributed by atoms with Crippen molar-refractivity contribution in [3.63, 3.8) is 0 Å². The summed E-state index contributed by atoms with van der Waals surface area (Å²) in [5, 5.41) is 0. The van der Waals surface area contributed by atoms with Gasteiger partial charge in [-0.05, 0) is 43.5 Å². The van der Waals surface area contributed by atoms with Gasteiger partial charge in [-0.2, -0.15) is 0 Å². The van der Waals surface area contributed by atoms with Crippen LogP contribution in [0.1, 0.15) is 48.8 Å². The Bertz CT molecular complexity index is 1160. The lowest BCUT2D eigenvalue weighted by atomic mass is 9.77. The first-order chi connectivity index (χ1) is 16.4. The monoisotopic (exact) mass is 463 g/mol. The molecule has 0 spiro atoms. The number of methoxy groups -OCH3 is 1. The van der Waals surface area contributed by atoms with E-state index < -0.39 is 11.9 Å². The SMILES string of the molecule is CCOc1cc([C@H]2C(C(=O)OC)=C(N)OC3=C2C(=O)CCC3)ccc1OCc1ccc(C)cc1. The molecular formula is C27H29NO6. The van der Waals surface area contributed by atoms with Gasteiger partial charge in [-0.25, -0.2) is 4.79 Å². The standard InChI is InChI=1S/C27H29NO6/c1-4-32-22-14-18(12-13-20(22)33-15-17-10-8-16(2)9-11-17)23-24-19(29)6-5-7-21(24)34-26(28)25(23)27(30)31-3/h8-14,23H,4-7,15,28H2,1-3H3/t23-/m1/s1. The summed E-state index contributed by atoms with van der Waals surface area (Å²) in [7, 11) is 1.28. The Morgan fingerprint density at radius 2 is 1.85 bits per heavy atom. The number of ether oxygens (including phenoxy) is 4. The van der Waals surface area contributed by atoms with Crippen LogP contribution >= 0.6 is 0 Å². The van der Waals surface area contributed by atoms with Crippen LogP contribution in [-0.2, 0) is 25.7 Å². The second kappa shape index (κ2) is 10.0. The lowest BCUT2D eigenvalue weighted by Gasteiger charge is -2.32. The molecule has 1 atom stereocenters. The number of carbonyl (C=O) groups is 2. The number of allylic oxidation sites excluding steroid dienone is 2. The summed E-state index contributed by atoms with van der Waals surface area (Å²) in [6, 6.07) is 13.5. The molecule has 0 saturated carbocycles. The maximum Gasteiger partial charge on any atom is 0.340 e. The Morgan fingerprint density at radius 3 is 2.56 bits per heavy atom. The molecule has 0 bridgehead atoms. The molecule has 7 heteroatoms. The van der Waals surface area contributed by atoms with Crippen molar-refractivity contribution < 1.29 is 28.5 Å². The van der Waals surface area contributed by atoms with E-state index in [2.05, 4.69) is 0 Å². The Hall–Kier alpha value is -3.74. The molecule has 0 unspecified atom stereocenters. The summed E-state index contributed by atoms with van der Waals surface area (Å²) in [5.74, 6) is 0.176. The molecule has 2 aliphatic rings. The summed E-state index contributed by atoms with van der Waals surface area (Å²) < 4.78 is 22.6. The third kappa shape index (κ3) is 4.64. The molecule has 2 aromatic rings. The van der Waals surface area contributed by atoms with Crippen LogP contribution in [0.25, 0.3) is 0 Å². The summed E-state index contributed by atoms with van der Waals surface area (Å²) in [6.45, 7) is 4.72. The van der Waals surface area contributed by atoms with Gasteiger partial charge in [-0.3, -0.25) is 4.79 Å². The predicted molar refractivity (Wildman–Crippen MR) is 126 cm³/mol. The quantitative estimate of drug-likeness (QED) is 0.607. The Kier molecular flexibility index (Phi) is 6.91. The molecule has 1 heterocycles. The first-order valence-corrected chi connectivity index (χ1v) is 11.4. The first-order valence-electron chi connectivity index (χ1n) is 11.4. The molecule has 34 heavy (non-hydrogen) atoms. The van der Waals surface area contributed by atoms with Gasteiger partial charge >= 0.3 is 5.97 Å². The number of hydrogen-bond donors (Lipinski definition) is 1. The van der Waals surface area contributed by atoms with Crippen LogP contribution < -0.4 is 15.2 Å². The zero-order valence-corrected chi connectivity index (χ0v) is 19.7. The Labute approximate surface area is 199 Å². The molecule has 0 fully saturated rings. The molecule has 0 radical (unpaired) electrons. The highest BCUT2D eigenvalue weighted by molar-refractivity contribution is 6.03. The normalized spacial score (nSPS) is 17.7. The van der Waals surface area contributed by atoms with Gasteiger partial charge in [0.1, 0.15) is 17.9 Å². The lowest BCUT2D eigenvalue weighted by Crippen LogP contribution is -2.31. The third-order valence-corrected chi connectivity index (χ3v) is 6.01. The molecule has 2 aromatic carbocycles. The Balaban J connectivity index is 1.72. The molecule has 0 amide bonds. The highest BCUT2D eigenvalue weighted by atomic mass is 16.5. The van der Waals surface area contributed by atoms with Crippen LogP contribution in [0.2, 0.25) is 0 Å². The molecule has 0 saturated heterocycles. The molecule has 2 N–H and O–H groups in total. The fourth-order valence-electron chi connectivity index (χ4n) is 4.34. The Morgan fingerprint density at radius 1 is 1.09 bits per heavy atom. The van der Waals surface area contributed by atoms with Crippen LogP contribution in [-0.4, -0.2) is 25.5 Å². The first kappa shape index (κ1) is 23.4. The van der Waals surface area contributed by atoms with Crippen LogP contribution in [0.3, 0.4) is 0 Å². The van der Waals surface area contributed by atoms with Gasteiger partial charge in [0.15, 0.2) is 17.3 Å². The highest BCUT2D eigenvalue weighted by Gasteiger charge is 2.41. The van der Waals surface area contributed by atoms with Gasteiger partial charge in [0.05, 0.1) is 19.6 Å². The molecule has 178 valence electrons. The summed E-state index contributed by atoms with van der Waals surface area (Å²) >= 11 is 0. The minimum absolute atomic E-state index is 0.0389. The zero-order chi connectivity index (χ0) is 24.2. The number of Topliss-reactive ketones (excluding diaryl/α,β-unsaturated/α-hetero) is 1. The van der Waals surface area contributed by atoms with Crippen molar-refractivity contribution in [2.24, 2.45) is 5.73 Å². The van der Waals surface area contributed by atoms with E-state index in [9.17, 15) is 9.59 Å². The van der Waals surface area contributed by atoms with E-state index >= 15 is 0 Å². The van der Waals surface area contributed by atoms with E-state index in [0.717, 1.165) is 5.56 Å². The zero-order valence-electron chi connectivity index (χ0n) is 19.7. The van der Waals surface area contributed by atoms with E-state index in [1.807, 2.05) is 44.2 Å². The molecule has 4 rings (SSSR count). The number of rotatable bonds is 7. The summed E-state index contributed by atoms with van der Waals surface area (Å²) in [4.78, 5) is 25.6. The lowest BCUT2D eigenvalue weighted by molar-refractivity contribution is -0.136. The van der Waals surface area contributed by atoms with E-state index in [1.165, 1.54) is 12.7 Å². The van der Waals surface area contributed by atoms with Crippen molar-refractivity contribution in [3.05, 3.63) is 81.9 Å². The van der Waals surface area contributed by atoms with Crippen LogP contribution in [0.4, 0.5) is 0 Å². The minimum atomic E-state index is -0.700. The molecule has 7 nitrogen and oxygen atoms in total. The number of aryl methyl sites for hydroxylation is 1. The van der Waals surface area contributed by atoms with E-state index in [-0.39, 0.29) is 17.2 Å². The number of ketones is 1. The second-order valence-electron chi connectivity index (χ2n) is 8.33. The second-order valence-corrected chi connectivity index (χ2v) is 8.33. The molecule has 1 aliphatic heterocycles. The average Bonchev–Trinajstić information content (AvgIpc) is 2.83. The fourth-order valence-corrected chi connectivity index (χ4v) is 4.34. The van der Waals surface area contributed by atoms with E-state index in [4.69, 9.17) is 24.7 Å². The predicted octanol–water partition coefficient (Wildman–Crippen LogP) is 4.44. The van der Waals surface area contributed by atoms with Crippen molar-refractivity contribution in [3.8, 4) is 11.5 Å².